The molecular weight excluding hydrogens is 370 g/mol. The summed E-state index contributed by atoms with van der Waals surface area (Å²) in [5.74, 6) is -1.57. The van der Waals surface area contributed by atoms with Crippen molar-refractivity contribution in [2.24, 2.45) is 0 Å². The molecule has 0 aromatic heterocycles. The highest BCUT2D eigenvalue weighted by molar-refractivity contribution is 5.80. The van der Waals surface area contributed by atoms with Crippen molar-refractivity contribution in [2.45, 2.75) is 0 Å². The smallest absolute Gasteiger partial charge is 0.260 e. The molecule has 0 radical (unpaired) electrons. The van der Waals surface area contributed by atoms with Gasteiger partial charge in [-0.1, -0.05) is 24.3 Å². The first kappa shape index (κ1) is 19.6. The van der Waals surface area contributed by atoms with Gasteiger partial charge >= 0.3 is 0 Å². The second kappa shape index (κ2) is 9.16. The first-order chi connectivity index (χ1) is 13.5. The molecule has 1 aliphatic heterocycles. The van der Waals surface area contributed by atoms with Crippen LogP contribution in [0.4, 0.5) is 8.78 Å². The highest BCUT2D eigenvalue weighted by atomic mass is 19.1. The largest absolute Gasteiger partial charge is 0.481 e. The SMILES string of the molecule is O=C(COc1ccccc1F)N1CCN(C(=O)COc2ccccc2F)CC1. The summed E-state index contributed by atoms with van der Waals surface area (Å²) in [4.78, 5) is 27.5. The van der Waals surface area contributed by atoms with Gasteiger partial charge < -0.3 is 19.3 Å². The highest BCUT2D eigenvalue weighted by Gasteiger charge is 2.25. The van der Waals surface area contributed by atoms with Crippen LogP contribution in [-0.2, 0) is 9.59 Å². The third-order valence-corrected chi connectivity index (χ3v) is 4.36. The van der Waals surface area contributed by atoms with Crippen LogP contribution < -0.4 is 9.47 Å². The first-order valence-corrected chi connectivity index (χ1v) is 8.85. The standard InChI is InChI=1S/C20H20F2N2O4/c21-15-5-1-3-7-17(15)27-13-19(25)23-9-11-24(12-10-23)20(26)14-28-18-8-4-2-6-16(18)22/h1-8H,9-14H2. The molecule has 0 atom stereocenters. The average Bonchev–Trinajstić information content (AvgIpc) is 2.72. The van der Waals surface area contributed by atoms with Crippen LogP contribution in [0.3, 0.4) is 0 Å². The van der Waals surface area contributed by atoms with Crippen LogP contribution in [0.5, 0.6) is 11.5 Å². The molecule has 6 nitrogen and oxygen atoms in total. The van der Waals surface area contributed by atoms with Crippen LogP contribution in [0.1, 0.15) is 0 Å². The molecule has 0 saturated carbocycles. The van der Waals surface area contributed by atoms with Crippen molar-refractivity contribution in [1.82, 2.24) is 9.80 Å². The van der Waals surface area contributed by atoms with Crippen molar-refractivity contribution in [3.05, 3.63) is 60.2 Å². The van der Waals surface area contributed by atoms with E-state index in [4.69, 9.17) is 9.47 Å². The Morgan fingerprint density at radius 3 is 1.43 bits per heavy atom. The van der Waals surface area contributed by atoms with Gasteiger partial charge in [0.1, 0.15) is 0 Å². The minimum Gasteiger partial charge on any atom is -0.481 e. The van der Waals surface area contributed by atoms with Crippen LogP contribution in [0.25, 0.3) is 0 Å². The van der Waals surface area contributed by atoms with Crippen molar-refractivity contribution in [2.75, 3.05) is 39.4 Å². The quantitative estimate of drug-likeness (QED) is 0.758. The van der Waals surface area contributed by atoms with Gasteiger partial charge in [0, 0.05) is 26.2 Å². The summed E-state index contributed by atoms with van der Waals surface area (Å²) >= 11 is 0. The number of halogens is 2. The van der Waals surface area contributed by atoms with E-state index in [1.165, 1.54) is 36.4 Å². The average molecular weight is 390 g/mol. The maximum atomic E-state index is 13.5. The summed E-state index contributed by atoms with van der Waals surface area (Å²) in [6.07, 6.45) is 0. The Hall–Kier alpha value is -3.16. The molecule has 2 amide bonds. The van der Waals surface area contributed by atoms with Gasteiger partial charge in [0.15, 0.2) is 36.3 Å². The van der Waals surface area contributed by atoms with Crippen LogP contribution >= 0.6 is 0 Å². The van der Waals surface area contributed by atoms with E-state index < -0.39 is 11.6 Å². The zero-order valence-electron chi connectivity index (χ0n) is 15.1. The zero-order chi connectivity index (χ0) is 19.9. The number of para-hydroxylation sites is 2. The molecule has 0 spiro atoms. The summed E-state index contributed by atoms with van der Waals surface area (Å²) in [5, 5.41) is 0. The third kappa shape index (κ3) is 4.97. The maximum absolute atomic E-state index is 13.5. The molecule has 0 bridgehead atoms. The van der Waals surface area contributed by atoms with E-state index in [1.54, 1.807) is 21.9 Å². The molecule has 148 valence electrons. The lowest BCUT2D eigenvalue weighted by Gasteiger charge is -2.34. The highest BCUT2D eigenvalue weighted by Crippen LogP contribution is 2.16. The number of hydrogen-bond acceptors (Lipinski definition) is 4. The van der Waals surface area contributed by atoms with Crippen LogP contribution in [0.15, 0.2) is 48.5 Å². The van der Waals surface area contributed by atoms with E-state index in [0.29, 0.717) is 26.2 Å². The molecule has 2 aromatic carbocycles. The first-order valence-electron chi connectivity index (χ1n) is 8.85. The van der Waals surface area contributed by atoms with E-state index in [0.717, 1.165) is 0 Å². The molecule has 0 N–H and O–H groups in total. The topological polar surface area (TPSA) is 59.1 Å². The predicted molar refractivity (Wildman–Crippen MR) is 97.0 cm³/mol. The van der Waals surface area contributed by atoms with E-state index in [-0.39, 0.29) is 36.5 Å². The summed E-state index contributed by atoms with van der Waals surface area (Å²) in [6.45, 7) is 0.808. The van der Waals surface area contributed by atoms with Crippen molar-refractivity contribution in [3.8, 4) is 11.5 Å². The monoisotopic (exact) mass is 390 g/mol. The fourth-order valence-corrected chi connectivity index (χ4v) is 2.79. The third-order valence-electron chi connectivity index (χ3n) is 4.36. The van der Waals surface area contributed by atoms with Gasteiger partial charge in [0.25, 0.3) is 11.8 Å². The number of ether oxygens (including phenoxy) is 2. The lowest BCUT2D eigenvalue weighted by molar-refractivity contribution is -0.141. The maximum Gasteiger partial charge on any atom is 0.260 e. The summed E-state index contributed by atoms with van der Waals surface area (Å²) in [7, 11) is 0. The summed E-state index contributed by atoms with van der Waals surface area (Å²) < 4.78 is 37.5. The number of carbonyl (C=O) groups excluding carboxylic acids is 2. The van der Waals surface area contributed by atoms with Gasteiger partial charge in [-0.05, 0) is 24.3 Å². The Balaban J connectivity index is 1.42. The summed E-state index contributed by atoms with van der Waals surface area (Å²) in [6, 6.07) is 11.7. The number of hydrogen-bond donors (Lipinski definition) is 0. The number of nitrogens with zero attached hydrogens (tertiary/aromatic N) is 2. The lowest BCUT2D eigenvalue weighted by Crippen LogP contribution is -2.52. The minimum absolute atomic E-state index is 0.0231. The summed E-state index contributed by atoms with van der Waals surface area (Å²) in [5.41, 5.74) is 0. The number of amides is 2. The van der Waals surface area contributed by atoms with E-state index >= 15 is 0 Å². The number of rotatable bonds is 6. The molecule has 28 heavy (non-hydrogen) atoms. The molecule has 1 heterocycles. The molecule has 2 aromatic rings. The number of benzene rings is 2. The van der Waals surface area contributed by atoms with Gasteiger partial charge in [-0.15, -0.1) is 0 Å². The van der Waals surface area contributed by atoms with Gasteiger partial charge in [0.05, 0.1) is 0 Å². The van der Waals surface area contributed by atoms with E-state index in [9.17, 15) is 18.4 Å². The molecule has 1 aliphatic rings. The molecule has 0 unspecified atom stereocenters. The molecule has 1 fully saturated rings. The molecule has 0 aliphatic carbocycles. The van der Waals surface area contributed by atoms with E-state index in [2.05, 4.69) is 0 Å². The predicted octanol–water partition coefficient (Wildman–Crippen LogP) is 2.09. The second-order valence-electron chi connectivity index (χ2n) is 6.20. The van der Waals surface area contributed by atoms with Gasteiger partial charge in [-0.3, -0.25) is 9.59 Å². The van der Waals surface area contributed by atoms with Crippen LogP contribution in [0, 0.1) is 11.6 Å². The van der Waals surface area contributed by atoms with Crippen LogP contribution in [0.2, 0.25) is 0 Å². The second-order valence-corrected chi connectivity index (χ2v) is 6.20. The molecular formula is C20H20F2N2O4. The lowest BCUT2D eigenvalue weighted by atomic mass is 10.3. The van der Waals surface area contributed by atoms with Crippen molar-refractivity contribution < 1.29 is 27.8 Å². The fraction of sp³-hybridized carbons (Fsp3) is 0.300. The molecule has 1 saturated heterocycles. The Bertz CT molecular complexity index is 769. The van der Waals surface area contributed by atoms with Crippen LogP contribution in [-0.4, -0.2) is 61.0 Å². The Morgan fingerprint density at radius 1 is 0.714 bits per heavy atom. The number of piperazine rings is 1. The fourth-order valence-electron chi connectivity index (χ4n) is 2.79. The molecule has 8 heteroatoms. The Kier molecular flexibility index (Phi) is 6.41. The molecule has 3 rings (SSSR count). The number of carbonyl (C=O) groups is 2. The van der Waals surface area contributed by atoms with Gasteiger partial charge in [-0.2, -0.15) is 0 Å². The normalized spacial score (nSPS) is 13.9. The van der Waals surface area contributed by atoms with Gasteiger partial charge in [-0.25, -0.2) is 8.78 Å². The van der Waals surface area contributed by atoms with Crippen molar-refractivity contribution in [1.29, 1.82) is 0 Å². The minimum atomic E-state index is -0.527. The van der Waals surface area contributed by atoms with Gasteiger partial charge in [0.2, 0.25) is 0 Å². The van der Waals surface area contributed by atoms with Crippen molar-refractivity contribution >= 4 is 11.8 Å². The Labute approximate surface area is 161 Å². The zero-order valence-corrected chi connectivity index (χ0v) is 15.1. The van der Waals surface area contributed by atoms with E-state index in [1.807, 2.05) is 0 Å². The Morgan fingerprint density at radius 2 is 1.07 bits per heavy atom. The van der Waals surface area contributed by atoms with Crippen molar-refractivity contribution in [3.63, 3.8) is 0 Å².